The SMILES string of the molecule is Oc1ccc(C2=CCC(C3CC=C(c4ccc(O)c(OC5CCCCC5)c4)CC3)CC2)cc1OC1CCCCC1. The monoisotopic (exact) mass is 542 g/mol. The van der Waals surface area contributed by atoms with Crippen LogP contribution in [0.4, 0.5) is 0 Å². The van der Waals surface area contributed by atoms with E-state index in [2.05, 4.69) is 36.4 Å². The van der Waals surface area contributed by atoms with Gasteiger partial charge in [0.1, 0.15) is 0 Å². The fourth-order valence-corrected chi connectivity index (χ4v) is 7.43. The van der Waals surface area contributed by atoms with Crippen LogP contribution in [0, 0.1) is 11.8 Å². The topological polar surface area (TPSA) is 58.9 Å². The molecule has 2 fully saturated rings. The molecule has 40 heavy (non-hydrogen) atoms. The van der Waals surface area contributed by atoms with Crippen molar-refractivity contribution in [3.05, 3.63) is 59.7 Å². The van der Waals surface area contributed by atoms with Gasteiger partial charge in [-0.05, 0) is 148 Å². The second-order valence-corrected chi connectivity index (χ2v) is 12.6. The summed E-state index contributed by atoms with van der Waals surface area (Å²) in [5.74, 6) is 3.27. The van der Waals surface area contributed by atoms with E-state index in [1.807, 2.05) is 12.1 Å². The highest BCUT2D eigenvalue weighted by atomic mass is 16.5. The Labute approximate surface area is 240 Å². The largest absolute Gasteiger partial charge is 0.504 e. The average Bonchev–Trinajstić information content (AvgIpc) is 3.01. The highest BCUT2D eigenvalue weighted by Gasteiger charge is 2.27. The standard InChI is InChI=1S/C36H46O4/c37-33-21-19-29(23-35(33)39-31-7-3-1-4-8-31)27-15-11-25(12-16-27)26-13-17-28(18-14-26)30-20-22-34(38)36(24-30)40-32-9-5-2-6-10-32/h15,17,19-26,31-32,37-38H,1-14,16,18H2. The molecule has 0 aromatic heterocycles. The molecule has 4 aliphatic rings. The van der Waals surface area contributed by atoms with E-state index in [-0.39, 0.29) is 23.7 Å². The Balaban J connectivity index is 1.06. The molecule has 6 rings (SSSR count). The molecular formula is C36H46O4. The Morgan fingerprint density at radius 2 is 0.950 bits per heavy atom. The average molecular weight is 543 g/mol. The summed E-state index contributed by atoms with van der Waals surface area (Å²) in [5, 5.41) is 20.8. The molecule has 2 N–H and O–H groups in total. The van der Waals surface area contributed by atoms with Crippen molar-refractivity contribution in [1.82, 2.24) is 0 Å². The Morgan fingerprint density at radius 1 is 0.525 bits per heavy atom. The van der Waals surface area contributed by atoms with Gasteiger partial charge in [-0.3, -0.25) is 0 Å². The summed E-state index contributed by atoms with van der Waals surface area (Å²) in [6.07, 6.45) is 24.1. The van der Waals surface area contributed by atoms with Gasteiger partial charge in [0, 0.05) is 0 Å². The Bertz CT molecular complexity index is 1120. The second-order valence-electron chi connectivity index (χ2n) is 12.6. The summed E-state index contributed by atoms with van der Waals surface area (Å²) >= 11 is 0. The van der Waals surface area contributed by atoms with Crippen LogP contribution in [0.25, 0.3) is 11.1 Å². The van der Waals surface area contributed by atoms with E-state index in [0.717, 1.165) is 63.2 Å². The molecule has 0 bridgehead atoms. The molecule has 0 heterocycles. The van der Waals surface area contributed by atoms with Gasteiger partial charge in [-0.2, -0.15) is 0 Å². The maximum absolute atomic E-state index is 10.4. The predicted molar refractivity (Wildman–Crippen MR) is 162 cm³/mol. The van der Waals surface area contributed by atoms with Gasteiger partial charge >= 0.3 is 0 Å². The van der Waals surface area contributed by atoms with Gasteiger partial charge in [0.15, 0.2) is 23.0 Å². The molecule has 0 saturated heterocycles. The Morgan fingerprint density at radius 3 is 1.32 bits per heavy atom. The van der Waals surface area contributed by atoms with Gasteiger partial charge in [0.25, 0.3) is 0 Å². The molecule has 0 aliphatic heterocycles. The molecule has 2 aromatic carbocycles. The number of allylic oxidation sites excluding steroid dienone is 4. The minimum absolute atomic E-state index is 0.237. The van der Waals surface area contributed by atoms with E-state index < -0.39 is 0 Å². The number of hydrogen-bond acceptors (Lipinski definition) is 4. The van der Waals surface area contributed by atoms with Crippen molar-refractivity contribution in [3.63, 3.8) is 0 Å². The lowest BCUT2D eigenvalue weighted by Gasteiger charge is -2.32. The highest BCUT2D eigenvalue weighted by molar-refractivity contribution is 5.70. The maximum atomic E-state index is 10.4. The van der Waals surface area contributed by atoms with Gasteiger partial charge < -0.3 is 19.7 Å². The summed E-state index contributed by atoms with van der Waals surface area (Å²) in [4.78, 5) is 0. The van der Waals surface area contributed by atoms with Crippen molar-refractivity contribution < 1.29 is 19.7 Å². The lowest BCUT2D eigenvalue weighted by molar-refractivity contribution is 0.150. The third-order valence-corrected chi connectivity index (χ3v) is 9.92. The van der Waals surface area contributed by atoms with Crippen LogP contribution in [0.1, 0.15) is 114 Å². The minimum atomic E-state index is 0.237. The Hall–Kier alpha value is -2.88. The number of benzene rings is 2. The third-order valence-electron chi connectivity index (χ3n) is 9.92. The van der Waals surface area contributed by atoms with E-state index >= 15 is 0 Å². The number of ether oxygens (including phenoxy) is 2. The summed E-state index contributed by atoms with van der Waals surface area (Å²) in [6, 6.07) is 11.8. The Kier molecular flexibility index (Phi) is 8.70. The normalized spacial score (nSPS) is 24.7. The highest BCUT2D eigenvalue weighted by Crippen LogP contribution is 2.43. The fourth-order valence-electron chi connectivity index (χ4n) is 7.43. The molecule has 4 nitrogen and oxygen atoms in total. The first-order chi connectivity index (χ1) is 19.6. The van der Waals surface area contributed by atoms with Crippen LogP contribution in [0.3, 0.4) is 0 Å². The molecule has 4 aliphatic carbocycles. The fraction of sp³-hybridized carbons (Fsp3) is 0.556. The second kappa shape index (κ2) is 12.7. The molecule has 2 unspecified atom stereocenters. The van der Waals surface area contributed by atoms with Crippen LogP contribution in [-0.2, 0) is 0 Å². The van der Waals surface area contributed by atoms with Crippen LogP contribution in [0.15, 0.2) is 48.6 Å². The first kappa shape index (κ1) is 27.3. The van der Waals surface area contributed by atoms with Crippen LogP contribution in [0.5, 0.6) is 23.0 Å². The first-order valence-corrected chi connectivity index (χ1v) is 16.0. The molecule has 2 aromatic rings. The van der Waals surface area contributed by atoms with E-state index in [9.17, 15) is 10.2 Å². The minimum Gasteiger partial charge on any atom is -0.504 e. The van der Waals surface area contributed by atoms with Crippen LogP contribution in [-0.4, -0.2) is 22.4 Å². The smallest absolute Gasteiger partial charge is 0.161 e. The zero-order valence-electron chi connectivity index (χ0n) is 24.0. The van der Waals surface area contributed by atoms with Crippen molar-refractivity contribution in [2.75, 3.05) is 0 Å². The lowest BCUT2D eigenvalue weighted by Crippen LogP contribution is -2.20. The maximum Gasteiger partial charge on any atom is 0.161 e. The van der Waals surface area contributed by atoms with Crippen LogP contribution in [0.2, 0.25) is 0 Å². The lowest BCUT2D eigenvalue weighted by atomic mass is 9.73. The summed E-state index contributed by atoms with van der Waals surface area (Å²) in [6.45, 7) is 0. The molecule has 214 valence electrons. The molecule has 2 saturated carbocycles. The zero-order valence-corrected chi connectivity index (χ0v) is 24.0. The number of phenolic OH excluding ortho intramolecular Hbond substituents is 2. The van der Waals surface area contributed by atoms with Crippen molar-refractivity contribution in [1.29, 1.82) is 0 Å². The first-order valence-electron chi connectivity index (χ1n) is 16.0. The summed E-state index contributed by atoms with van der Waals surface area (Å²) in [5.41, 5.74) is 5.19. The quantitative estimate of drug-likeness (QED) is 0.366. The molecule has 4 heteroatoms. The van der Waals surface area contributed by atoms with E-state index in [1.165, 1.54) is 73.6 Å². The number of phenols is 2. The van der Waals surface area contributed by atoms with E-state index in [0.29, 0.717) is 11.5 Å². The van der Waals surface area contributed by atoms with Gasteiger partial charge in [0.2, 0.25) is 0 Å². The number of aromatic hydroxyl groups is 2. The summed E-state index contributed by atoms with van der Waals surface area (Å²) in [7, 11) is 0. The molecule has 0 amide bonds. The zero-order chi connectivity index (χ0) is 27.3. The van der Waals surface area contributed by atoms with Gasteiger partial charge in [-0.25, -0.2) is 0 Å². The third kappa shape index (κ3) is 6.53. The van der Waals surface area contributed by atoms with Gasteiger partial charge in [-0.15, -0.1) is 0 Å². The van der Waals surface area contributed by atoms with Crippen molar-refractivity contribution >= 4 is 11.1 Å². The summed E-state index contributed by atoms with van der Waals surface area (Å²) < 4.78 is 12.5. The van der Waals surface area contributed by atoms with Crippen LogP contribution < -0.4 is 9.47 Å². The van der Waals surface area contributed by atoms with Crippen molar-refractivity contribution in [3.8, 4) is 23.0 Å². The molecule has 0 spiro atoms. The molecular weight excluding hydrogens is 496 g/mol. The van der Waals surface area contributed by atoms with Crippen molar-refractivity contribution in [2.45, 2.75) is 115 Å². The number of rotatable bonds is 7. The van der Waals surface area contributed by atoms with Gasteiger partial charge in [-0.1, -0.05) is 37.1 Å². The van der Waals surface area contributed by atoms with Gasteiger partial charge in [0.05, 0.1) is 12.2 Å². The molecule has 2 atom stereocenters. The van der Waals surface area contributed by atoms with E-state index in [4.69, 9.17) is 9.47 Å². The van der Waals surface area contributed by atoms with E-state index in [1.54, 1.807) is 0 Å². The van der Waals surface area contributed by atoms with Crippen LogP contribution >= 0.6 is 0 Å². The molecule has 0 radical (unpaired) electrons. The predicted octanol–water partition coefficient (Wildman–Crippen LogP) is 9.59. The number of hydrogen-bond donors (Lipinski definition) is 2. The van der Waals surface area contributed by atoms with Crippen molar-refractivity contribution in [2.24, 2.45) is 11.8 Å².